The Morgan fingerprint density at radius 3 is 2.45 bits per heavy atom. The van der Waals surface area contributed by atoms with E-state index in [4.69, 9.17) is 4.74 Å². The second-order valence-electron chi connectivity index (χ2n) is 9.99. The number of ether oxygens (including phenoxy) is 1. The van der Waals surface area contributed by atoms with Crippen molar-refractivity contribution in [3.8, 4) is 16.9 Å². The van der Waals surface area contributed by atoms with Gasteiger partial charge in [0.25, 0.3) is 0 Å². The fraction of sp³-hybridized carbons (Fsp3) is 0.429. The molecule has 0 spiro atoms. The fourth-order valence-corrected chi connectivity index (χ4v) is 6.45. The Balaban J connectivity index is 1.89. The number of anilines is 1. The van der Waals surface area contributed by atoms with Crippen LogP contribution in [0.25, 0.3) is 22.5 Å². The summed E-state index contributed by atoms with van der Waals surface area (Å²) >= 11 is 0. The Morgan fingerprint density at radius 1 is 0.968 bits per heavy atom. The Bertz CT molecular complexity index is 1200. The zero-order chi connectivity index (χ0) is 21.9. The number of hydrazine groups is 1. The molecule has 0 saturated heterocycles. The van der Waals surface area contributed by atoms with Crippen molar-refractivity contribution in [2.24, 2.45) is 5.92 Å². The van der Waals surface area contributed by atoms with Crippen molar-refractivity contribution in [3.05, 3.63) is 58.5 Å². The molecule has 2 aliphatic heterocycles. The zero-order valence-corrected chi connectivity index (χ0v) is 19.7. The van der Waals surface area contributed by atoms with Crippen LogP contribution in [0.1, 0.15) is 53.4 Å². The average Bonchev–Trinajstić information content (AvgIpc) is 2.73. The number of fused-ring (bicyclic) bond motifs is 5. The highest BCUT2D eigenvalue weighted by Gasteiger charge is 2.44. The lowest BCUT2D eigenvalue weighted by Crippen LogP contribution is -2.62. The molecule has 2 aromatic carbocycles. The monoisotopic (exact) mass is 414 g/mol. The van der Waals surface area contributed by atoms with Gasteiger partial charge in [-0.2, -0.15) is 0 Å². The highest BCUT2D eigenvalue weighted by molar-refractivity contribution is 5.81. The molecule has 162 valence electrons. The van der Waals surface area contributed by atoms with Crippen molar-refractivity contribution in [3.63, 3.8) is 0 Å². The Morgan fingerprint density at radius 2 is 1.74 bits per heavy atom. The molecule has 0 bridgehead atoms. The molecule has 0 amide bonds. The molecular formula is C28H34N2O. The van der Waals surface area contributed by atoms with Gasteiger partial charge in [-0.1, -0.05) is 41.5 Å². The van der Waals surface area contributed by atoms with E-state index in [9.17, 15) is 0 Å². The molecule has 3 nitrogen and oxygen atoms in total. The summed E-state index contributed by atoms with van der Waals surface area (Å²) in [6.07, 6.45) is 7.55. The summed E-state index contributed by atoms with van der Waals surface area (Å²) in [6.45, 7) is 9.29. The van der Waals surface area contributed by atoms with Crippen molar-refractivity contribution in [1.29, 1.82) is 0 Å². The molecule has 0 N–H and O–H groups in total. The van der Waals surface area contributed by atoms with Crippen LogP contribution in [0.15, 0.2) is 48.0 Å². The Labute approximate surface area is 186 Å². The number of rotatable bonds is 2. The van der Waals surface area contributed by atoms with Crippen LogP contribution in [0.5, 0.6) is 5.75 Å². The van der Waals surface area contributed by atoms with Crippen LogP contribution >= 0.6 is 0 Å². The van der Waals surface area contributed by atoms with Crippen LogP contribution in [0, 0.1) is 5.92 Å². The summed E-state index contributed by atoms with van der Waals surface area (Å²) in [7, 11) is 4.33. The molecule has 1 atom stereocenters. The van der Waals surface area contributed by atoms with Crippen molar-refractivity contribution in [2.75, 3.05) is 19.1 Å². The van der Waals surface area contributed by atoms with E-state index in [-0.39, 0.29) is 5.54 Å². The lowest BCUT2D eigenvalue weighted by atomic mass is 9.70. The minimum Gasteiger partial charge on any atom is -0.461 e. The molecular weight excluding hydrogens is 380 g/mol. The first kappa shape index (κ1) is 20.4. The second-order valence-corrected chi connectivity index (χ2v) is 9.99. The first-order chi connectivity index (χ1) is 14.8. The van der Waals surface area contributed by atoms with Crippen LogP contribution in [-0.4, -0.2) is 24.6 Å². The maximum absolute atomic E-state index is 6.36. The maximum atomic E-state index is 6.36. The van der Waals surface area contributed by atoms with Crippen molar-refractivity contribution < 1.29 is 4.74 Å². The SMILES string of the molecule is CC1=c2c(ccc3c2=C(C)C(C2=CCCCC2)C(C)(C)N3N(C)C)-c2ccccc2O1. The van der Waals surface area contributed by atoms with E-state index in [0.29, 0.717) is 5.92 Å². The maximum Gasteiger partial charge on any atom is 0.134 e. The Kier molecular flexibility index (Phi) is 4.78. The van der Waals surface area contributed by atoms with Gasteiger partial charge in [-0.15, -0.1) is 0 Å². The topological polar surface area (TPSA) is 15.7 Å². The molecule has 0 radical (unpaired) electrons. The van der Waals surface area contributed by atoms with Crippen LogP contribution < -0.4 is 20.2 Å². The molecule has 2 aromatic rings. The molecule has 3 aliphatic rings. The third-order valence-corrected chi connectivity index (χ3v) is 7.38. The number of allylic oxidation sites excluding steroid dienone is 1. The molecule has 1 aliphatic carbocycles. The predicted molar refractivity (Wildman–Crippen MR) is 130 cm³/mol. The number of nitrogens with zero attached hydrogens (tertiary/aromatic N) is 2. The number of hydrogen-bond donors (Lipinski definition) is 0. The molecule has 0 fully saturated rings. The van der Waals surface area contributed by atoms with E-state index in [1.807, 2.05) is 0 Å². The molecule has 31 heavy (non-hydrogen) atoms. The largest absolute Gasteiger partial charge is 0.461 e. The highest BCUT2D eigenvalue weighted by atomic mass is 16.5. The summed E-state index contributed by atoms with van der Waals surface area (Å²) in [4.78, 5) is 0. The van der Waals surface area contributed by atoms with Gasteiger partial charge in [0.05, 0.1) is 11.2 Å². The number of benzene rings is 2. The predicted octanol–water partition coefficient (Wildman–Crippen LogP) is 5.24. The smallest absolute Gasteiger partial charge is 0.134 e. The van der Waals surface area contributed by atoms with E-state index in [1.54, 1.807) is 5.57 Å². The van der Waals surface area contributed by atoms with Gasteiger partial charge >= 0.3 is 0 Å². The molecule has 3 heteroatoms. The van der Waals surface area contributed by atoms with Gasteiger partial charge in [0.2, 0.25) is 0 Å². The molecule has 0 aromatic heterocycles. The summed E-state index contributed by atoms with van der Waals surface area (Å²) in [6, 6.07) is 13.0. The van der Waals surface area contributed by atoms with E-state index in [2.05, 4.69) is 94.3 Å². The van der Waals surface area contributed by atoms with Gasteiger partial charge < -0.3 is 4.74 Å². The van der Waals surface area contributed by atoms with Crippen LogP contribution in [0.3, 0.4) is 0 Å². The van der Waals surface area contributed by atoms with Gasteiger partial charge in [-0.3, -0.25) is 5.01 Å². The fourth-order valence-electron chi connectivity index (χ4n) is 6.45. The minimum atomic E-state index is -0.0423. The second kappa shape index (κ2) is 7.27. The van der Waals surface area contributed by atoms with E-state index in [1.165, 1.54) is 58.5 Å². The van der Waals surface area contributed by atoms with Gasteiger partial charge in [0.1, 0.15) is 11.5 Å². The first-order valence-corrected chi connectivity index (χ1v) is 11.6. The summed E-state index contributed by atoms with van der Waals surface area (Å²) in [5.41, 5.74) is 6.80. The van der Waals surface area contributed by atoms with Crippen LogP contribution in [0.2, 0.25) is 0 Å². The van der Waals surface area contributed by atoms with E-state index >= 15 is 0 Å². The standard InChI is InChI=1S/C28H34N2O/c1-18-25-23(17-16-22-21-14-10-11-15-24(21)31-19(2)26(22)25)30(29(5)6)28(3,4)27(18)20-12-8-7-9-13-20/h10-12,14-17,27H,7-9,13H2,1-6H3. The third kappa shape index (κ3) is 2.97. The lowest BCUT2D eigenvalue weighted by Gasteiger charge is -2.53. The van der Waals surface area contributed by atoms with Crippen molar-refractivity contribution in [2.45, 2.75) is 58.9 Å². The van der Waals surface area contributed by atoms with Crippen LogP contribution in [0.4, 0.5) is 5.69 Å². The number of hydrogen-bond acceptors (Lipinski definition) is 3. The van der Waals surface area contributed by atoms with E-state index in [0.717, 1.165) is 11.5 Å². The molecule has 5 rings (SSSR count). The molecule has 2 heterocycles. The number of para-hydroxylation sites is 1. The quantitative estimate of drug-likeness (QED) is 0.625. The van der Waals surface area contributed by atoms with Crippen molar-refractivity contribution in [1.82, 2.24) is 5.01 Å². The van der Waals surface area contributed by atoms with Crippen LogP contribution in [-0.2, 0) is 0 Å². The third-order valence-electron chi connectivity index (χ3n) is 7.38. The van der Waals surface area contributed by atoms with E-state index < -0.39 is 0 Å². The van der Waals surface area contributed by atoms with Gasteiger partial charge in [-0.05, 0) is 71.1 Å². The van der Waals surface area contributed by atoms with Gasteiger partial charge in [0.15, 0.2) is 0 Å². The summed E-state index contributed by atoms with van der Waals surface area (Å²) < 4.78 is 6.36. The minimum absolute atomic E-state index is 0.0423. The normalized spacial score (nSPS) is 21.8. The summed E-state index contributed by atoms with van der Waals surface area (Å²) in [5, 5.41) is 7.39. The van der Waals surface area contributed by atoms with Crippen molar-refractivity contribution >= 4 is 17.0 Å². The average molecular weight is 415 g/mol. The highest BCUT2D eigenvalue weighted by Crippen LogP contribution is 2.44. The molecule has 0 saturated carbocycles. The summed E-state index contributed by atoms with van der Waals surface area (Å²) in [5.74, 6) is 2.34. The molecule has 1 unspecified atom stereocenters. The zero-order valence-electron chi connectivity index (χ0n) is 19.7. The first-order valence-electron chi connectivity index (χ1n) is 11.6. The lowest BCUT2D eigenvalue weighted by molar-refractivity contribution is 0.230. The van der Waals surface area contributed by atoms with Gasteiger partial charge in [-0.25, -0.2) is 5.01 Å². The van der Waals surface area contributed by atoms with Gasteiger partial charge in [0, 0.05) is 36.0 Å². The Hall–Kier alpha value is -2.52.